The van der Waals surface area contributed by atoms with Crippen LogP contribution in [0, 0.1) is 0 Å². The van der Waals surface area contributed by atoms with Crippen molar-refractivity contribution in [2.45, 2.75) is 38.6 Å². The second-order valence-corrected chi connectivity index (χ2v) is 4.87. The van der Waals surface area contributed by atoms with Crippen molar-refractivity contribution in [3.8, 4) is 0 Å². The predicted molar refractivity (Wildman–Crippen MR) is 64.8 cm³/mol. The molecule has 0 aliphatic carbocycles. The molecule has 1 atom stereocenters. The third-order valence-corrected chi connectivity index (χ3v) is 3.73. The highest BCUT2D eigenvalue weighted by atomic mass is 16.4. The number of piperidine rings is 1. The van der Waals surface area contributed by atoms with Gasteiger partial charge in [-0.05, 0) is 39.7 Å². The number of hydrogen-bond acceptors (Lipinski definition) is 3. The molecule has 1 fully saturated rings. The van der Waals surface area contributed by atoms with Crippen LogP contribution in [0.3, 0.4) is 0 Å². The van der Waals surface area contributed by atoms with Gasteiger partial charge >= 0.3 is 5.97 Å². The normalized spacial score (nSPS) is 25.6. The molecule has 1 amide bonds. The van der Waals surface area contributed by atoms with Crippen molar-refractivity contribution >= 4 is 11.9 Å². The molecule has 0 aromatic carbocycles. The van der Waals surface area contributed by atoms with Gasteiger partial charge in [0.1, 0.15) is 5.54 Å². The van der Waals surface area contributed by atoms with Gasteiger partial charge in [-0.2, -0.15) is 0 Å². The Morgan fingerprint density at radius 2 is 2.06 bits per heavy atom. The van der Waals surface area contributed by atoms with E-state index in [4.69, 9.17) is 0 Å². The number of aliphatic carboxylic acids is 1. The number of amides is 1. The van der Waals surface area contributed by atoms with Crippen LogP contribution in [-0.2, 0) is 9.59 Å². The molecule has 5 nitrogen and oxygen atoms in total. The molecular formula is C12H22N2O3. The monoisotopic (exact) mass is 242 g/mol. The topological polar surface area (TPSA) is 60.9 Å². The fourth-order valence-electron chi connectivity index (χ4n) is 2.13. The van der Waals surface area contributed by atoms with Gasteiger partial charge in [-0.15, -0.1) is 0 Å². The number of carbonyl (C=O) groups excluding carboxylic acids is 1. The highest BCUT2D eigenvalue weighted by Gasteiger charge is 2.42. The Labute approximate surface area is 102 Å². The fourth-order valence-corrected chi connectivity index (χ4v) is 2.13. The molecule has 0 bridgehead atoms. The molecule has 0 radical (unpaired) electrons. The molecule has 0 aromatic rings. The summed E-state index contributed by atoms with van der Waals surface area (Å²) in [7, 11) is 1.74. The van der Waals surface area contributed by atoms with Gasteiger partial charge in [0.25, 0.3) is 0 Å². The van der Waals surface area contributed by atoms with E-state index < -0.39 is 11.5 Å². The Balaban J connectivity index is 2.73. The standard InChI is InChI=1S/C12H22N2O3/c1-4-13(3)10(15)9-14-8-6-5-7-12(14,2)11(16)17/h4-9H2,1-3H3,(H,16,17). The zero-order chi connectivity index (χ0) is 13.1. The van der Waals surface area contributed by atoms with E-state index in [0.29, 0.717) is 19.5 Å². The van der Waals surface area contributed by atoms with Crippen LogP contribution in [-0.4, -0.2) is 59.0 Å². The Morgan fingerprint density at radius 1 is 1.41 bits per heavy atom. The van der Waals surface area contributed by atoms with Crippen LogP contribution in [0.1, 0.15) is 33.1 Å². The van der Waals surface area contributed by atoms with Crippen molar-refractivity contribution in [3.05, 3.63) is 0 Å². The van der Waals surface area contributed by atoms with Crippen molar-refractivity contribution in [1.82, 2.24) is 9.80 Å². The minimum absolute atomic E-state index is 0.0122. The van der Waals surface area contributed by atoms with Crippen molar-refractivity contribution in [2.24, 2.45) is 0 Å². The lowest BCUT2D eigenvalue weighted by atomic mass is 9.88. The summed E-state index contributed by atoms with van der Waals surface area (Å²) < 4.78 is 0. The van der Waals surface area contributed by atoms with E-state index in [2.05, 4.69) is 0 Å². The summed E-state index contributed by atoms with van der Waals surface area (Å²) in [4.78, 5) is 26.6. The Hall–Kier alpha value is -1.10. The van der Waals surface area contributed by atoms with E-state index in [1.165, 1.54) is 0 Å². The van der Waals surface area contributed by atoms with E-state index in [0.717, 1.165) is 12.8 Å². The second-order valence-electron chi connectivity index (χ2n) is 4.87. The predicted octanol–water partition coefficient (Wildman–Crippen LogP) is 0.794. The lowest BCUT2D eigenvalue weighted by Crippen LogP contribution is -2.57. The van der Waals surface area contributed by atoms with Gasteiger partial charge in [0, 0.05) is 13.6 Å². The van der Waals surface area contributed by atoms with Crippen LogP contribution in [0.5, 0.6) is 0 Å². The van der Waals surface area contributed by atoms with Crippen LogP contribution in [0.4, 0.5) is 0 Å². The lowest BCUT2D eigenvalue weighted by Gasteiger charge is -2.41. The number of hydrogen-bond donors (Lipinski definition) is 1. The van der Waals surface area contributed by atoms with Gasteiger partial charge in [-0.3, -0.25) is 14.5 Å². The molecule has 1 heterocycles. The third kappa shape index (κ3) is 2.97. The summed E-state index contributed by atoms with van der Waals surface area (Å²) in [6.45, 7) is 5.16. The van der Waals surface area contributed by atoms with E-state index in [1.807, 2.05) is 6.92 Å². The first-order valence-electron chi connectivity index (χ1n) is 6.14. The molecule has 1 unspecified atom stereocenters. The SMILES string of the molecule is CCN(C)C(=O)CN1CCCCC1(C)C(=O)O. The quantitative estimate of drug-likeness (QED) is 0.792. The number of carbonyl (C=O) groups is 2. The van der Waals surface area contributed by atoms with Crippen molar-refractivity contribution in [2.75, 3.05) is 26.7 Å². The van der Waals surface area contributed by atoms with Crippen LogP contribution < -0.4 is 0 Å². The summed E-state index contributed by atoms with van der Waals surface area (Å²) in [6.07, 6.45) is 2.49. The van der Waals surface area contributed by atoms with Gasteiger partial charge in [0.05, 0.1) is 6.54 Å². The number of likely N-dealkylation sites (tertiary alicyclic amines) is 1. The van der Waals surface area contributed by atoms with Crippen molar-refractivity contribution in [1.29, 1.82) is 0 Å². The van der Waals surface area contributed by atoms with Crippen molar-refractivity contribution in [3.63, 3.8) is 0 Å². The number of nitrogens with zero attached hydrogens (tertiary/aromatic N) is 2. The minimum atomic E-state index is -0.886. The number of carboxylic acid groups (broad SMARTS) is 1. The molecule has 0 saturated carbocycles. The lowest BCUT2D eigenvalue weighted by molar-refractivity contribution is -0.154. The summed E-state index contributed by atoms with van der Waals surface area (Å²) in [6, 6.07) is 0. The zero-order valence-corrected chi connectivity index (χ0v) is 10.9. The molecule has 98 valence electrons. The highest BCUT2D eigenvalue weighted by Crippen LogP contribution is 2.27. The molecule has 1 saturated heterocycles. The van der Waals surface area contributed by atoms with E-state index in [9.17, 15) is 14.7 Å². The molecule has 0 spiro atoms. The maximum Gasteiger partial charge on any atom is 0.323 e. The summed E-state index contributed by atoms with van der Waals surface area (Å²) in [5, 5.41) is 9.31. The molecule has 1 N–H and O–H groups in total. The summed E-state index contributed by atoms with van der Waals surface area (Å²) >= 11 is 0. The summed E-state index contributed by atoms with van der Waals surface area (Å²) in [5.74, 6) is -0.842. The maximum atomic E-state index is 11.8. The van der Waals surface area contributed by atoms with Gasteiger partial charge in [0.15, 0.2) is 0 Å². The largest absolute Gasteiger partial charge is 0.480 e. The number of carboxylic acids is 1. The van der Waals surface area contributed by atoms with Gasteiger partial charge in [-0.1, -0.05) is 0 Å². The van der Waals surface area contributed by atoms with Gasteiger partial charge in [0.2, 0.25) is 5.91 Å². The average Bonchev–Trinajstić information content (AvgIpc) is 2.30. The first-order valence-corrected chi connectivity index (χ1v) is 6.14. The minimum Gasteiger partial charge on any atom is -0.480 e. The molecule has 1 aliphatic heterocycles. The molecular weight excluding hydrogens is 220 g/mol. The average molecular weight is 242 g/mol. The Kier molecular flexibility index (Phi) is 4.51. The number of likely N-dealkylation sites (N-methyl/N-ethyl adjacent to an activating group) is 1. The zero-order valence-electron chi connectivity index (χ0n) is 10.9. The van der Waals surface area contributed by atoms with Crippen LogP contribution in [0.2, 0.25) is 0 Å². The first kappa shape index (κ1) is 14.0. The van der Waals surface area contributed by atoms with E-state index in [1.54, 1.807) is 23.8 Å². The van der Waals surface area contributed by atoms with Crippen LogP contribution in [0.25, 0.3) is 0 Å². The van der Waals surface area contributed by atoms with Crippen LogP contribution >= 0.6 is 0 Å². The summed E-state index contributed by atoms with van der Waals surface area (Å²) in [5.41, 5.74) is -0.886. The van der Waals surface area contributed by atoms with Gasteiger partial charge in [-0.25, -0.2) is 0 Å². The first-order chi connectivity index (χ1) is 7.91. The smallest absolute Gasteiger partial charge is 0.323 e. The maximum absolute atomic E-state index is 11.8. The van der Waals surface area contributed by atoms with E-state index in [-0.39, 0.29) is 12.5 Å². The molecule has 1 aliphatic rings. The molecule has 5 heteroatoms. The Morgan fingerprint density at radius 3 is 2.59 bits per heavy atom. The number of rotatable bonds is 4. The second kappa shape index (κ2) is 5.49. The Bertz CT molecular complexity index is 306. The third-order valence-electron chi connectivity index (χ3n) is 3.73. The molecule has 17 heavy (non-hydrogen) atoms. The fraction of sp³-hybridized carbons (Fsp3) is 0.833. The van der Waals surface area contributed by atoms with Gasteiger partial charge < -0.3 is 10.0 Å². The van der Waals surface area contributed by atoms with E-state index >= 15 is 0 Å². The van der Waals surface area contributed by atoms with Crippen molar-refractivity contribution < 1.29 is 14.7 Å². The molecule has 0 aromatic heterocycles. The molecule has 1 rings (SSSR count). The highest BCUT2D eigenvalue weighted by molar-refractivity contribution is 5.82. The van der Waals surface area contributed by atoms with Crippen LogP contribution in [0.15, 0.2) is 0 Å².